The maximum Gasteiger partial charge on any atom is 0.123 e. The standard InChI is InChI=1S/C14H14BrNO/c1-10-2-5-12(15)8-14(10)17-9-11-3-6-13(16)7-4-11/h2-8H,9,16H2,1H3. The summed E-state index contributed by atoms with van der Waals surface area (Å²) in [6.45, 7) is 2.59. The van der Waals surface area contributed by atoms with E-state index in [-0.39, 0.29) is 0 Å². The number of nitrogens with two attached hydrogens (primary N) is 1. The lowest BCUT2D eigenvalue weighted by Gasteiger charge is -2.09. The molecule has 0 aliphatic rings. The Labute approximate surface area is 110 Å². The van der Waals surface area contributed by atoms with E-state index in [2.05, 4.69) is 15.9 Å². The van der Waals surface area contributed by atoms with Crippen LogP contribution >= 0.6 is 15.9 Å². The van der Waals surface area contributed by atoms with Gasteiger partial charge >= 0.3 is 0 Å². The third-order valence-corrected chi connectivity index (χ3v) is 3.02. The molecule has 2 nitrogen and oxygen atoms in total. The van der Waals surface area contributed by atoms with Crippen LogP contribution in [-0.2, 0) is 6.61 Å². The van der Waals surface area contributed by atoms with Gasteiger partial charge in [-0.2, -0.15) is 0 Å². The van der Waals surface area contributed by atoms with Crippen molar-refractivity contribution in [2.75, 3.05) is 5.73 Å². The van der Waals surface area contributed by atoms with Crippen molar-refractivity contribution in [1.29, 1.82) is 0 Å². The van der Waals surface area contributed by atoms with Crippen LogP contribution in [0.2, 0.25) is 0 Å². The van der Waals surface area contributed by atoms with Gasteiger partial charge in [-0.3, -0.25) is 0 Å². The van der Waals surface area contributed by atoms with E-state index in [1.165, 1.54) is 0 Å². The molecule has 0 aliphatic heterocycles. The van der Waals surface area contributed by atoms with Crippen LogP contribution < -0.4 is 10.5 Å². The Morgan fingerprint density at radius 1 is 1.12 bits per heavy atom. The fourth-order valence-corrected chi connectivity index (χ4v) is 1.84. The average Bonchev–Trinajstić information content (AvgIpc) is 2.32. The van der Waals surface area contributed by atoms with Crippen LogP contribution in [0.5, 0.6) is 5.75 Å². The highest BCUT2D eigenvalue weighted by Gasteiger charge is 2.01. The number of rotatable bonds is 3. The van der Waals surface area contributed by atoms with Crippen LogP contribution in [0.3, 0.4) is 0 Å². The smallest absolute Gasteiger partial charge is 0.123 e. The second-order valence-corrected chi connectivity index (χ2v) is 4.86. The van der Waals surface area contributed by atoms with Crippen molar-refractivity contribution in [2.24, 2.45) is 0 Å². The maximum atomic E-state index is 5.77. The molecular formula is C14H14BrNO. The van der Waals surface area contributed by atoms with Crippen molar-refractivity contribution in [1.82, 2.24) is 0 Å². The highest BCUT2D eigenvalue weighted by atomic mass is 79.9. The van der Waals surface area contributed by atoms with Gasteiger partial charge in [0, 0.05) is 10.2 Å². The summed E-state index contributed by atoms with van der Waals surface area (Å²) in [7, 11) is 0. The topological polar surface area (TPSA) is 35.2 Å². The fraction of sp³-hybridized carbons (Fsp3) is 0.143. The van der Waals surface area contributed by atoms with Crippen LogP contribution in [0.1, 0.15) is 11.1 Å². The number of ether oxygens (including phenoxy) is 1. The molecule has 2 aromatic rings. The summed E-state index contributed by atoms with van der Waals surface area (Å²) in [4.78, 5) is 0. The lowest BCUT2D eigenvalue weighted by atomic mass is 10.2. The molecule has 0 saturated carbocycles. The van der Waals surface area contributed by atoms with Gasteiger partial charge in [0.15, 0.2) is 0 Å². The summed E-state index contributed by atoms with van der Waals surface area (Å²) in [6, 6.07) is 13.7. The van der Waals surface area contributed by atoms with Crippen LogP contribution in [0.15, 0.2) is 46.9 Å². The molecule has 0 saturated heterocycles. The Bertz CT molecular complexity index is 508. The number of anilines is 1. The van der Waals surface area contributed by atoms with Gasteiger partial charge in [0.1, 0.15) is 12.4 Å². The van der Waals surface area contributed by atoms with Gasteiger partial charge in [-0.1, -0.05) is 34.1 Å². The Morgan fingerprint density at radius 2 is 1.82 bits per heavy atom. The van der Waals surface area contributed by atoms with E-state index in [1.807, 2.05) is 49.4 Å². The highest BCUT2D eigenvalue weighted by Crippen LogP contribution is 2.23. The molecule has 0 fully saturated rings. The Hall–Kier alpha value is -1.48. The van der Waals surface area contributed by atoms with Gasteiger partial charge in [0.05, 0.1) is 0 Å². The number of hydrogen-bond acceptors (Lipinski definition) is 2. The molecule has 0 aliphatic carbocycles. The lowest BCUT2D eigenvalue weighted by molar-refractivity contribution is 0.304. The van der Waals surface area contributed by atoms with Gasteiger partial charge in [-0.25, -0.2) is 0 Å². The Morgan fingerprint density at radius 3 is 2.53 bits per heavy atom. The molecule has 2 N–H and O–H groups in total. The molecule has 0 unspecified atom stereocenters. The highest BCUT2D eigenvalue weighted by molar-refractivity contribution is 9.10. The van der Waals surface area contributed by atoms with Crippen LogP contribution in [-0.4, -0.2) is 0 Å². The fourth-order valence-electron chi connectivity index (χ4n) is 1.50. The van der Waals surface area contributed by atoms with Crippen molar-refractivity contribution < 1.29 is 4.74 Å². The van der Waals surface area contributed by atoms with Gasteiger partial charge in [0.25, 0.3) is 0 Å². The third-order valence-electron chi connectivity index (χ3n) is 2.52. The molecule has 0 radical (unpaired) electrons. The van der Waals surface area contributed by atoms with Crippen LogP contribution in [0.25, 0.3) is 0 Å². The summed E-state index contributed by atoms with van der Waals surface area (Å²) >= 11 is 3.44. The molecule has 2 aromatic carbocycles. The summed E-state index contributed by atoms with van der Waals surface area (Å²) in [5, 5.41) is 0. The van der Waals surface area contributed by atoms with Gasteiger partial charge in [0.2, 0.25) is 0 Å². The molecule has 0 amide bonds. The van der Waals surface area contributed by atoms with E-state index in [1.54, 1.807) is 0 Å². The minimum Gasteiger partial charge on any atom is -0.489 e. The normalized spacial score (nSPS) is 10.2. The predicted octanol–water partition coefficient (Wildman–Crippen LogP) is 3.92. The van der Waals surface area contributed by atoms with E-state index in [4.69, 9.17) is 10.5 Å². The van der Waals surface area contributed by atoms with Gasteiger partial charge < -0.3 is 10.5 Å². The summed E-state index contributed by atoms with van der Waals surface area (Å²) in [6.07, 6.45) is 0. The third kappa shape index (κ3) is 3.24. The first-order valence-corrected chi connectivity index (χ1v) is 6.18. The zero-order valence-electron chi connectivity index (χ0n) is 9.61. The SMILES string of the molecule is Cc1ccc(Br)cc1OCc1ccc(N)cc1. The van der Waals surface area contributed by atoms with E-state index in [0.29, 0.717) is 6.61 Å². The van der Waals surface area contributed by atoms with Crippen molar-refractivity contribution in [2.45, 2.75) is 13.5 Å². The molecule has 17 heavy (non-hydrogen) atoms. The second kappa shape index (κ2) is 5.23. The maximum absolute atomic E-state index is 5.77. The summed E-state index contributed by atoms with van der Waals surface area (Å²) in [5.74, 6) is 0.899. The average molecular weight is 292 g/mol. The lowest BCUT2D eigenvalue weighted by Crippen LogP contribution is -1.97. The molecular weight excluding hydrogens is 278 g/mol. The summed E-state index contributed by atoms with van der Waals surface area (Å²) in [5.41, 5.74) is 8.64. The van der Waals surface area contributed by atoms with Gasteiger partial charge in [-0.15, -0.1) is 0 Å². The predicted molar refractivity (Wildman–Crippen MR) is 74.1 cm³/mol. The van der Waals surface area contributed by atoms with Crippen molar-refractivity contribution in [3.8, 4) is 5.75 Å². The van der Waals surface area contributed by atoms with Crippen molar-refractivity contribution >= 4 is 21.6 Å². The van der Waals surface area contributed by atoms with E-state index in [0.717, 1.165) is 27.0 Å². The molecule has 2 rings (SSSR count). The van der Waals surface area contributed by atoms with Gasteiger partial charge in [-0.05, 0) is 42.3 Å². The van der Waals surface area contributed by atoms with Crippen LogP contribution in [0, 0.1) is 6.92 Å². The number of hydrogen-bond donors (Lipinski definition) is 1. The largest absolute Gasteiger partial charge is 0.489 e. The van der Waals surface area contributed by atoms with Crippen LogP contribution in [0.4, 0.5) is 5.69 Å². The van der Waals surface area contributed by atoms with Crippen molar-refractivity contribution in [3.05, 3.63) is 58.1 Å². The number of benzene rings is 2. The molecule has 0 atom stereocenters. The molecule has 3 heteroatoms. The molecule has 0 bridgehead atoms. The first-order valence-electron chi connectivity index (χ1n) is 5.38. The zero-order valence-corrected chi connectivity index (χ0v) is 11.2. The van der Waals surface area contributed by atoms with E-state index < -0.39 is 0 Å². The zero-order chi connectivity index (χ0) is 12.3. The minimum atomic E-state index is 0.553. The van der Waals surface area contributed by atoms with E-state index in [9.17, 15) is 0 Å². The molecule has 0 spiro atoms. The molecule has 0 aromatic heterocycles. The first kappa shape index (κ1) is 12.0. The number of nitrogen functional groups attached to an aromatic ring is 1. The second-order valence-electron chi connectivity index (χ2n) is 3.94. The Balaban J connectivity index is 2.07. The van der Waals surface area contributed by atoms with E-state index >= 15 is 0 Å². The molecule has 0 heterocycles. The minimum absolute atomic E-state index is 0.553. The first-order chi connectivity index (χ1) is 8.15. The number of halogens is 1. The van der Waals surface area contributed by atoms with Crippen molar-refractivity contribution in [3.63, 3.8) is 0 Å². The Kier molecular flexibility index (Phi) is 3.69. The summed E-state index contributed by atoms with van der Waals surface area (Å²) < 4.78 is 6.80. The number of aryl methyl sites for hydroxylation is 1. The quantitative estimate of drug-likeness (QED) is 0.870. The molecule has 88 valence electrons. The monoisotopic (exact) mass is 291 g/mol.